The van der Waals surface area contributed by atoms with Crippen molar-refractivity contribution in [2.75, 3.05) is 50.7 Å². The van der Waals surface area contributed by atoms with Crippen LogP contribution in [0.2, 0.25) is 5.02 Å². The molecule has 0 unspecified atom stereocenters. The van der Waals surface area contributed by atoms with Gasteiger partial charge < -0.3 is 20.0 Å². The molecule has 3 heterocycles. The molecule has 0 spiro atoms. The first-order chi connectivity index (χ1) is 13.7. The summed E-state index contributed by atoms with van der Waals surface area (Å²) in [5.41, 5.74) is 1.22. The number of hydrogen-bond acceptors (Lipinski definition) is 3. The molecule has 5 nitrogen and oxygen atoms in total. The van der Waals surface area contributed by atoms with Crippen LogP contribution < -0.4 is 10.2 Å². The van der Waals surface area contributed by atoms with Gasteiger partial charge in [-0.3, -0.25) is 0 Å². The molecule has 1 atom stereocenters. The molecular weight excluding hydrogens is 372 g/mol. The second kappa shape index (κ2) is 9.36. The zero-order valence-corrected chi connectivity index (χ0v) is 17.5. The lowest BCUT2D eigenvalue weighted by molar-refractivity contribution is 0.101. The van der Waals surface area contributed by atoms with E-state index in [-0.39, 0.29) is 6.03 Å². The number of rotatable bonds is 4. The third kappa shape index (κ3) is 4.93. The third-order valence-electron chi connectivity index (χ3n) is 6.68. The highest BCUT2D eigenvalue weighted by Gasteiger charge is 2.28. The van der Waals surface area contributed by atoms with E-state index >= 15 is 0 Å². The number of likely N-dealkylation sites (tertiary alicyclic amines) is 2. The predicted octanol–water partition coefficient (Wildman–Crippen LogP) is 3.83. The number of urea groups is 1. The highest BCUT2D eigenvalue weighted by Crippen LogP contribution is 2.25. The Morgan fingerprint density at radius 2 is 1.68 bits per heavy atom. The lowest BCUT2D eigenvalue weighted by Crippen LogP contribution is -2.51. The van der Waals surface area contributed by atoms with Crippen LogP contribution in [0.4, 0.5) is 10.5 Å². The number of nitrogens with one attached hydrogen (secondary N) is 1. The zero-order chi connectivity index (χ0) is 19.3. The Bertz CT molecular complexity index is 638. The fraction of sp³-hybridized carbons (Fsp3) is 0.682. The van der Waals surface area contributed by atoms with Crippen molar-refractivity contribution in [3.63, 3.8) is 0 Å². The molecule has 6 heteroatoms. The van der Waals surface area contributed by atoms with Crippen LogP contribution in [0.1, 0.15) is 38.5 Å². The largest absolute Gasteiger partial charge is 0.371 e. The quantitative estimate of drug-likeness (QED) is 0.828. The number of carbonyl (C=O) groups is 1. The van der Waals surface area contributed by atoms with Gasteiger partial charge in [-0.25, -0.2) is 4.79 Å². The summed E-state index contributed by atoms with van der Waals surface area (Å²) < 4.78 is 0. The van der Waals surface area contributed by atoms with E-state index in [0.717, 1.165) is 57.0 Å². The summed E-state index contributed by atoms with van der Waals surface area (Å²) in [6, 6.07) is 8.86. The van der Waals surface area contributed by atoms with Crippen molar-refractivity contribution < 1.29 is 4.79 Å². The monoisotopic (exact) mass is 404 g/mol. The van der Waals surface area contributed by atoms with Crippen LogP contribution in [-0.2, 0) is 0 Å². The van der Waals surface area contributed by atoms with E-state index in [4.69, 9.17) is 11.6 Å². The molecule has 0 aromatic heterocycles. The minimum absolute atomic E-state index is 0.127. The molecule has 3 saturated heterocycles. The summed E-state index contributed by atoms with van der Waals surface area (Å²) in [4.78, 5) is 19.7. The highest BCUT2D eigenvalue weighted by atomic mass is 35.5. The average molecular weight is 405 g/mol. The number of hydrogen-bond donors (Lipinski definition) is 1. The second-order valence-electron chi connectivity index (χ2n) is 8.58. The van der Waals surface area contributed by atoms with Crippen molar-refractivity contribution in [2.45, 2.75) is 44.6 Å². The number of benzene rings is 1. The van der Waals surface area contributed by atoms with E-state index in [1.54, 1.807) is 0 Å². The third-order valence-corrected chi connectivity index (χ3v) is 6.93. The van der Waals surface area contributed by atoms with Gasteiger partial charge in [0.2, 0.25) is 0 Å². The van der Waals surface area contributed by atoms with Crippen molar-refractivity contribution in [3.8, 4) is 0 Å². The second-order valence-corrected chi connectivity index (χ2v) is 9.01. The molecule has 28 heavy (non-hydrogen) atoms. The van der Waals surface area contributed by atoms with Crippen LogP contribution in [0.3, 0.4) is 0 Å². The van der Waals surface area contributed by atoms with Crippen LogP contribution in [0.5, 0.6) is 0 Å². The maximum atomic E-state index is 12.6. The Morgan fingerprint density at radius 3 is 2.39 bits per heavy atom. The molecule has 154 valence electrons. The number of nitrogens with zero attached hydrogens (tertiary/aromatic N) is 3. The number of amides is 2. The lowest BCUT2D eigenvalue weighted by atomic mass is 10.00. The Kier molecular flexibility index (Phi) is 6.63. The van der Waals surface area contributed by atoms with E-state index < -0.39 is 0 Å². The minimum Gasteiger partial charge on any atom is -0.371 e. The van der Waals surface area contributed by atoms with Gasteiger partial charge in [0.25, 0.3) is 0 Å². The SMILES string of the molecule is O=C(NC[C@H]1CCN(c2ccc(Cl)cc2)C1)N1CCC(N2CCCCC2)CC1. The first-order valence-electron chi connectivity index (χ1n) is 11.0. The van der Waals surface area contributed by atoms with Crippen LogP contribution in [0, 0.1) is 5.92 Å². The van der Waals surface area contributed by atoms with Crippen molar-refractivity contribution in [3.05, 3.63) is 29.3 Å². The highest BCUT2D eigenvalue weighted by molar-refractivity contribution is 6.30. The van der Waals surface area contributed by atoms with Gasteiger partial charge in [-0.1, -0.05) is 18.0 Å². The predicted molar refractivity (Wildman–Crippen MR) is 115 cm³/mol. The van der Waals surface area contributed by atoms with Crippen LogP contribution in [0.15, 0.2) is 24.3 Å². The molecule has 0 bridgehead atoms. The van der Waals surface area contributed by atoms with Crippen molar-refractivity contribution in [2.24, 2.45) is 5.92 Å². The van der Waals surface area contributed by atoms with Gasteiger partial charge in [-0.2, -0.15) is 0 Å². The van der Waals surface area contributed by atoms with Crippen molar-refractivity contribution in [1.82, 2.24) is 15.1 Å². The number of carbonyl (C=O) groups excluding carboxylic acids is 1. The summed E-state index contributed by atoms with van der Waals surface area (Å²) in [5, 5.41) is 3.97. The molecule has 1 aromatic rings. The van der Waals surface area contributed by atoms with Gasteiger partial charge in [0.05, 0.1) is 0 Å². The molecule has 4 rings (SSSR count). The first-order valence-corrected chi connectivity index (χ1v) is 11.3. The van der Waals surface area contributed by atoms with Gasteiger partial charge in [-0.15, -0.1) is 0 Å². The molecular formula is C22H33ClN4O. The molecule has 3 aliphatic rings. The number of halogens is 1. The van der Waals surface area contributed by atoms with Crippen LogP contribution >= 0.6 is 11.6 Å². The van der Waals surface area contributed by atoms with E-state index in [2.05, 4.69) is 27.2 Å². The minimum atomic E-state index is 0.127. The van der Waals surface area contributed by atoms with Gasteiger partial charge in [0, 0.05) is 49.5 Å². The fourth-order valence-corrected chi connectivity index (χ4v) is 5.07. The number of piperidine rings is 2. The Labute approximate surface area is 174 Å². The number of anilines is 1. The van der Waals surface area contributed by atoms with Gasteiger partial charge in [0.1, 0.15) is 0 Å². The molecule has 3 aliphatic heterocycles. The lowest BCUT2D eigenvalue weighted by Gasteiger charge is -2.40. The van der Waals surface area contributed by atoms with E-state index in [1.165, 1.54) is 38.0 Å². The summed E-state index contributed by atoms with van der Waals surface area (Å²) in [7, 11) is 0. The smallest absolute Gasteiger partial charge is 0.317 e. The van der Waals surface area contributed by atoms with E-state index in [9.17, 15) is 4.79 Å². The van der Waals surface area contributed by atoms with Gasteiger partial charge >= 0.3 is 6.03 Å². The molecule has 2 amide bonds. The van der Waals surface area contributed by atoms with Crippen LogP contribution in [-0.4, -0.2) is 67.7 Å². The first kappa shape index (κ1) is 19.8. The van der Waals surface area contributed by atoms with Gasteiger partial charge in [0.15, 0.2) is 0 Å². The molecule has 0 radical (unpaired) electrons. The Balaban J connectivity index is 1.17. The Morgan fingerprint density at radius 1 is 0.964 bits per heavy atom. The molecule has 0 aliphatic carbocycles. The standard InChI is InChI=1S/C22H33ClN4O/c23-19-4-6-20(7-5-19)27-13-8-18(17-27)16-24-22(28)26-14-9-21(10-15-26)25-11-2-1-3-12-25/h4-7,18,21H,1-3,8-17H2,(H,24,28)/t18-/m1/s1. The average Bonchev–Trinajstić information content (AvgIpc) is 3.22. The summed E-state index contributed by atoms with van der Waals surface area (Å²) in [6.07, 6.45) is 7.45. The van der Waals surface area contributed by atoms with E-state index in [0.29, 0.717) is 12.0 Å². The van der Waals surface area contributed by atoms with E-state index in [1.807, 2.05) is 17.0 Å². The Hall–Kier alpha value is -1.46. The van der Waals surface area contributed by atoms with Gasteiger partial charge in [-0.05, 0) is 75.4 Å². The van der Waals surface area contributed by atoms with Crippen molar-refractivity contribution in [1.29, 1.82) is 0 Å². The normalized spacial score (nSPS) is 24.5. The fourth-order valence-electron chi connectivity index (χ4n) is 4.95. The molecule has 1 N–H and O–H groups in total. The molecule has 3 fully saturated rings. The maximum absolute atomic E-state index is 12.6. The zero-order valence-electron chi connectivity index (χ0n) is 16.8. The summed E-state index contributed by atoms with van der Waals surface area (Å²) in [6.45, 7) is 7.12. The summed E-state index contributed by atoms with van der Waals surface area (Å²) >= 11 is 5.99. The summed E-state index contributed by atoms with van der Waals surface area (Å²) in [5.74, 6) is 0.519. The molecule has 0 saturated carbocycles. The maximum Gasteiger partial charge on any atom is 0.317 e. The van der Waals surface area contributed by atoms with Crippen molar-refractivity contribution >= 4 is 23.3 Å². The topological polar surface area (TPSA) is 38.8 Å². The van der Waals surface area contributed by atoms with Crippen LogP contribution in [0.25, 0.3) is 0 Å². The molecule has 1 aromatic carbocycles.